The van der Waals surface area contributed by atoms with E-state index >= 15 is 0 Å². The van der Waals surface area contributed by atoms with E-state index in [0.717, 1.165) is 68.0 Å². The molecule has 2 aliphatic heterocycles. The lowest BCUT2D eigenvalue weighted by atomic mass is 10.1. The minimum atomic E-state index is 0.0379. The van der Waals surface area contributed by atoms with Gasteiger partial charge in [-0.3, -0.25) is 9.36 Å². The molecule has 160 valence electrons. The predicted octanol–water partition coefficient (Wildman–Crippen LogP) is 1.90. The monoisotopic (exact) mass is 438 g/mol. The Morgan fingerprint density at radius 1 is 1.16 bits per heavy atom. The van der Waals surface area contributed by atoms with E-state index in [9.17, 15) is 4.79 Å². The van der Waals surface area contributed by atoms with Gasteiger partial charge in [-0.1, -0.05) is 0 Å². The summed E-state index contributed by atoms with van der Waals surface area (Å²) in [7, 11) is 0. The van der Waals surface area contributed by atoms with Crippen molar-refractivity contribution in [2.75, 3.05) is 31.6 Å². The lowest BCUT2D eigenvalue weighted by Crippen LogP contribution is -2.36. The van der Waals surface area contributed by atoms with Gasteiger partial charge in [0.15, 0.2) is 11.5 Å². The Balaban J connectivity index is 1.23. The standard InChI is InChI=1S/C20H22N8O2S/c29-19(13-1-2-13)22-15-12-28-16(21-15)5-6-18(25-28)31-20-24-23-17-4-3-14(11-27(17)20)26-7-9-30-10-8-26/h5-6,11-13H,1-4,7-10H2,(H,22,29). The average Bonchev–Trinajstić information content (AvgIpc) is 3.47. The molecule has 31 heavy (non-hydrogen) atoms. The molecule has 0 spiro atoms. The van der Waals surface area contributed by atoms with Crippen molar-refractivity contribution in [1.82, 2.24) is 34.3 Å². The number of imidazole rings is 1. The number of aromatic nitrogens is 6. The zero-order valence-electron chi connectivity index (χ0n) is 16.9. The Bertz CT molecular complexity index is 1180. The van der Waals surface area contributed by atoms with Crippen molar-refractivity contribution in [2.45, 2.75) is 35.9 Å². The Labute approximate surface area is 182 Å². The number of allylic oxidation sites excluding steroid dienone is 1. The summed E-state index contributed by atoms with van der Waals surface area (Å²) in [6.45, 7) is 3.38. The zero-order valence-corrected chi connectivity index (χ0v) is 17.7. The highest BCUT2D eigenvalue weighted by atomic mass is 32.2. The fourth-order valence-corrected chi connectivity index (χ4v) is 4.66. The van der Waals surface area contributed by atoms with Crippen molar-refractivity contribution in [1.29, 1.82) is 0 Å². The number of ether oxygens (including phenoxy) is 1. The number of nitrogens with one attached hydrogen (secondary N) is 1. The minimum Gasteiger partial charge on any atom is -0.378 e. The molecule has 0 aromatic carbocycles. The molecular weight excluding hydrogens is 416 g/mol. The third kappa shape index (κ3) is 3.79. The highest BCUT2D eigenvalue weighted by Gasteiger charge is 2.30. The second-order valence-corrected chi connectivity index (χ2v) is 8.94. The van der Waals surface area contributed by atoms with Crippen LogP contribution in [0.5, 0.6) is 0 Å². The van der Waals surface area contributed by atoms with Gasteiger partial charge in [0.05, 0.1) is 19.4 Å². The van der Waals surface area contributed by atoms with Gasteiger partial charge in [0, 0.05) is 37.3 Å². The van der Waals surface area contributed by atoms with Gasteiger partial charge < -0.3 is 15.0 Å². The van der Waals surface area contributed by atoms with E-state index in [1.54, 1.807) is 10.7 Å². The van der Waals surface area contributed by atoms with Crippen LogP contribution in [0.15, 0.2) is 34.2 Å². The predicted molar refractivity (Wildman–Crippen MR) is 113 cm³/mol. The molecule has 0 atom stereocenters. The van der Waals surface area contributed by atoms with Gasteiger partial charge in [0.1, 0.15) is 10.9 Å². The zero-order chi connectivity index (χ0) is 20.8. The SMILES string of the molecule is O=C(Nc1cn2nc(Sc3nnc4n3C=C(N3CCOCC3)CC4)ccc2n1)C1CC1. The van der Waals surface area contributed by atoms with Crippen LogP contribution in [-0.4, -0.2) is 66.5 Å². The van der Waals surface area contributed by atoms with Crippen LogP contribution in [0.1, 0.15) is 25.1 Å². The number of hydrogen-bond donors (Lipinski definition) is 1. The molecule has 1 N–H and O–H groups in total. The van der Waals surface area contributed by atoms with Gasteiger partial charge in [-0.05, 0) is 43.2 Å². The Morgan fingerprint density at radius 3 is 2.87 bits per heavy atom. The highest BCUT2D eigenvalue weighted by molar-refractivity contribution is 7.99. The van der Waals surface area contributed by atoms with Crippen molar-refractivity contribution in [2.24, 2.45) is 5.92 Å². The van der Waals surface area contributed by atoms with Crippen LogP contribution in [0.4, 0.5) is 5.82 Å². The summed E-state index contributed by atoms with van der Waals surface area (Å²) in [5, 5.41) is 17.8. The largest absolute Gasteiger partial charge is 0.378 e. The van der Waals surface area contributed by atoms with E-state index < -0.39 is 0 Å². The average molecular weight is 439 g/mol. The van der Waals surface area contributed by atoms with Crippen LogP contribution in [0.25, 0.3) is 11.8 Å². The van der Waals surface area contributed by atoms with Crippen LogP contribution in [0, 0.1) is 5.92 Å². The topological polar surface area (TPSA) is 102 Å². The number of hydrogen-bond acceptors (Lipinski definition) is 8. The Hall–Kier alpha value is -2.92. The van der Waals surface area contributed by atoms with Gasteiger partial charge in [0.2, 0.25) is 11.1 Å². The van der Waals surface area contributed by atoms with Crippen molar-refractivity contribution < 1.29 is 9.53 Å². The van der Waals surface area contributed by atoms with Gasteiger partial charge in [-0.15, -0.1) is 10.2 Å². The first kappa shape index (κ1) is 18.8. The third-order valence-electron chi connectivity index (χ3n) is 5.73. The lowest BCUT2D eigenvalue weighted by Gasteiger charge is -2.32. The molecule has 11 heteroatoms. The summed E-state index contributed by atoms with van der Waals surface area (Å²) in [5.41, 5.74) is 1.99. The van der Waals surface area contributed by atoms with Crippen LogP contribution >= 0.6 is 11.8 Å². The summed E-state index contributed by atoms with van der Waals surface area (Å²) >= 11 is 1.46. The molecule has 0 unspecified atom stereocenters. The molecule has 3 aromatic heterocycles. The molecule has 1 saturated carbocycles. The molecule has 6 rings (SSSR count). The number of amides is 1. The minimum absolute atomic E-state index is 0.0379. The Kier molecular flexibility index (Phi) is 4.64. The van der Waals surface area contributed by atoms with Gasteiger partial charge in [-0.2, -0.15) is 5.10 Å². The summed E-state index contributed by atoms with van der Waals surface area (Å²) < 4.78 is 9.23. The number of anilines is 1. The highest BCUT2D eigenvalue weighted by Crippen LogP contribution is 2.31. The fraction of sp³-hybridized carbons (Fsp3) is 0.450. The second kappa shape index (κ2) is 7.65. The summed E-state index contributed by atoms with van der Waals surface area (Å²) in [5.74, 6) is 1.67. The molecule has 10 nitrogen and oxygen atoms in total. The maximum atomic E-state index is 12.0. The third-order valence-corrected chi connectivity index (χ3v) is 6.61. The molecule has 1 amide bonds. The first-order chi connectivity index (χ1) is 15.2. The van der Waals surface area contributed by atoms with Crippen molar-refractivity contribution in [3.63, 3.8) is 0 Å². The first-order valence-corrected chi connectivity index (χ1v) is 11.4. The number of nitrogens with zero attached hydrogens (tertiary/aromatic N) is 7. The fourth-order valence-electron chi connectivity index (χ4n) is 3.87. The number of fused-ring (bicyclic) bond motifs is 2. The molecule has 2 fully saturated rings. The Morgan fingerprint density at radius 2 is 2.03 bits per heavy atom. The normalized spacial score (nSPS) is 18.7. The van der Waals surface area contributed by atoms with Crippen molar-refractivity contribution >= 4 is 35.3 Å². The smallest absolute Gasteiger partial charge is 0.228 e. The van der Waals surface area contributed by atoms with Crippen LogP contribution in [0.3, 0.4) is 0 Å². The van der Waals surface area contributed by atoms with E-state index in [0.29, 0.717) is 11.5 Å². The summed E-state index contributed by atoms with van der Waals surface area (Å²) in [6.07, 6.45) is 7.65. The van der Waals surface area contributed by atoms with Crippen LogP contribution < -0.4 is 5.32 Å². The number of rotatable bonds is 5. The van der Waals surface area contributed by atoms with Crippen LogP contribution in [-0.2, 0) is 16.0 Å². The second-order valence-electron chi connectivity index (χ2n) is 7.95. The first-order valence-electron chi connectivity index (χ1n) is 10.6. The van der Waals surface area contributed by atoms with E-state index in [1.807, 2.05) is 12.1 Å². The maximum absolute atomic E-state index is 12.0. The molecule has 3 aromatic rings. The number of morpholine rings is 1. The van der Waals surface area contributed by atoms with E-state index in [1.165, 1.54) is 17.5 Å². The van der Waals surface area contributed by atoms with Gasteiger partial charge in [0.25, 0.3) is 0 Å². The van der Waals surface area contributed by atoms with Gasteiger partial charge >= 0.3 is 0 Å². The summed E-state index contributed by atoms with van der Waals surface area (Å²) in [4.78, 5) is 18.8. The molecule has 0 bridgehead atoms. The van der Waals surface area contributed by atoms with Gasteiger partial charge in [-0.25, -0.2) is 9.50 Å². The maximum Gasteiger partial charge on any atom is 0.228 e. The lowest BCUT2D eigenvalue weighted by molar-refractivity contribution is -0.117. The van der Waals surface area contributed by atoms with Crippen molar-refractivity contribution in [3.05, 3.63) is 29.9 Å². The molecule has 3 aliphatic rings. The van der Waals surface area contributed by atoms with Crippen LogP contribution in [0.2, 0.25) is 0 Å². The molecule has 1 aliphatic carbocycles. The van der Waals surface area contributed by atoms with E-state index in [4.69, 9.17) is 4.74 Å². The molecular formula is C20H22N8O2S. The van der Waals surface area contributed by atoms with Crippen molar-refractivity contribution in [3.8, 4) is 0 Å². The molecule has 1 saturated heterocycles. The molecule has 5 heterocycles. The van der Waals surface area contributed by atoms with E-state index in [2.05, 4.69) is 41.3 Å². The quantitative estimate of drug-likeness (QED) is 0.644. The summed E-state index contributed by atoms with van der Waals surface area (Å²) in [6, 6.07) is 3.81. The number of aryl methyl sites for hydroxylation is 1. The number of carbonyl (C=O) groups is 1. The molecule has 0 radical (unpaired) electrons. The van der Waals surface area contributed by atoms with E-state index in [-0.39, 0.29) is 11.8 Å². The number of carbonyl (C=O) groups excluding carboxylic acids is 1.